The van der Waals surface area contributed by atoms with E-state index >= 15 is 0 Å². The highest BCUT2D eigenvalue weighted by molar-refractivity contribution is 6.19. The number of carbonyl (C=O) groups is 2. The van der Waals surface area contributed by atoms with Gasteiger partial charge in [0, 0.05) is 18.7 Å². The van der Waals surface area contributed by atoms with E-state index in [1.807, 2.05) is 0 Å². The van der Waals surface area contributed by atoms with Gasteiger partial charge < -0.3 is 19.5 Å². The fourth-order valence-electron chi connectivity index (χ4n) is 2.12. The Labute approximate surface area is 128 Å². The SMILES string of the molecule is CCOC(=O)C(=Cc1ccccc1O)C(=O)N1CCOCC1. The Morgan fingerprint density at radius 2 is 2.00 bits per heavy atom. The molecule has 0 atom stereocenters. The summed E-state index contributed by atoms with van der Waals surface area (Å²) in [7, 11) is 0. The smallest absolute Gasteiger partial charge is 0.343 e. The van der Waals surface area contributed by atoms with Crippen LogP contribution < -0.4 is 0 Å². The number of phenols is 1. The van der Waals surface area contributed by atoms with Crippen LogP contribution in [0.3, 0.4) is 0 Å². The van der Waals surface area contributed by atoms with E-state index in [1.165, 1.54) is 12.1 Å². The van der Waals surface area contributed by atoms with Crippen molar-refractivity contribution >= 4 is 18.0 Å². The predicted molar refractivity (Wildman–Crippen MR) is 80.1 cm³/mol. The average molecular weight is 305 g/mol. The Bertz CT molecular complexity index is 576. The van der Waals surface area contributed by atoms with Crippen molar-refractivity contribution in [2.24, 2.45) is 0 Å². The van der Waals surface area contributed by atoms with E-state index in [0.717, 1.165) is 0 Å². The summed E-state index contributed by atoms with van der Waals surface area (Å²) in [6.07, 6.45) is 1.37. The molecule has 0 saturated carbocycles. The number of carbonyl (C=O) groups excluding carboxylic acids is 2. The first-order chi connectivity index (χ1) is 10.6. The van der Waals surface area contributed by atoms with Crippen LogP contribution in [0.25, 0.3) is 6.08 Å². The van der Waals surface area contributed by atoms with Crippen LogP contribution in [0.1, 0.15) is 12.5 Å². The Morgan fingerprint density at radius 1 is 1.32 bits per heavy atom. The van der Waals surface area contributed by atoms with E-state index in [9.17, 15) is 14.7 Å². The maximum atomic E-state index is 12.5. The molecular formula is C16H19NO5. The van der Waals surface area contributed by atoms with Crippen LogP contribution >= 0.6 is 0 Å². The Kier molecular flexibility index (Phi) is 5.55. The summed E-state index contributed by atoms with van der Waals surface area (Å²) in [5.41, 5.74) is 0.303. The number of rotatable bonds is 4. The first kappa shape index (κ1) is 16.0. The first-order valence-corrected chi connectivity index (χ1v) is 7.17. The number of phenolic OH excluding ortho intramolecular Hbond substituents is 1. The van der Waals surface area contributed by atoms with Crippen molar-refractivity contribution in [1.82, 2.24) is 4.90 Å². The minimum atomic E-state index is -0.692. The van der Waals surface area contributed by atoms with Crippen LogP contribution in [-0.2, 0) is 19.1 Å². The van der Waals surface area contributed by atoms with Crippen molar-refractivity contribution in [2.45, 2.75) is 6.92 Å². The van der Waals surface area contributed by atoms with E-state index in [2.05, 4.69) is 0 Å². The second-order valence-electron chi connectivity index (χ2n) is 4.74. The van der Waals surface area contributed by atoms with Gasteiger partial charge in [-0.25, -0.2) is 4.79 Å². The molecule has 1 aromatic rings. The molecule has 0 unspecified atom stereocenters. The fraction of sp³-hybridized carbons (Fsp3) is 0.375. The van der Waals surface area contributed by atoms with Crippen molar-refractivity contribution in [1.29, 1.82) is 0 Å². The van der Waals surface area contributed by atoms with E-state index in [-0.39, 0.29) is 17.9 Å². The molecule has 2 rings (SSSR count). The van der Waals surface area contributed by atoms with E-state index < -0.39 is 11.9 Å². The van der Waals surface area contributed by atoms with Crippen LogP contribution in [0.5, 0.6) is 5.75 Å². The molecule has 22 heavy (non-hydrogen) atoms. The lowest BCUT2D eigenvalue weighted by Gasteiger charge is -2.27. The second kappa shape index (κ2) is 7.61. The molecule has 6 heteroatoms. The molecular weight excluding hydrogens is 286 g/mol. The zero-order chi connectivity index (χ0) is 15.9. The number of hydrogen-bond acceptors (Lipinski definition) is 5. The third-order valence-corrected chi connectivity index (χ3v) is 3.26. The van der Waals surface area contributed by atoms with Gasteiger partial charge in [0.25, 0.3) is 5.91 Å². The molecule has 0 aliphatic carbocycles. The molecule has 1 fully saturated rings. The molecule has 1 heterocycles. The average Bonchev–Trinajstić information content (AvgIpc) is 2.54. The number of esters is 1. The number of aromatic hydroxyl groups is 1. The van der Waals surface area contributed by atoms with Gasteiger partial charge in [-0.2, -0.15) is 0 Å². The molecule has 0 bridgehead atoms. The van der Waals surface area contributed by atoms with Gasteiger partial charge in [0.2, 0.25) is 0 Å². The number of nitrogens with zero attached hydrogens (tertiary/aromatic N) is 1. The molecule has 1 aliphatic heterocycles. The molecule has 1 saturated heterocycles. The Hall–Kier alpha value is -2.34. The van der Waals surface area contributed by atoms with Crippen molar-refractivity contribution in [2.75, 3.05) is 32.9 Å². The van der Waals surface area contributed by atoms with E-state index in [1.54, 1.807) is 30.0 Å². The largest absolute Gasteiger partial charge is 0.507 e. The summed E-state index contributed by atoms with van der Waals surface area (Å²) < 4.78 is 10.2. The van der Waals surface area contributed by atoms with Crippen molar-refractivity contribution in [3.8, 4) is 5.75 Å². The van der Waals surface area contributed by atoms with Crippen LogP contribution in [0, 0.1) is 0 Å². The fourth-order valence-corrected chi connectivity index (χ4v) is 2.12. The molecule has 1 N–H and O–H groups in total. The van der Waals surface area contributed by atoms with Crippen molar-refractivity contribution < 1.29 is 24.2 Å². The monoisotopic (exact) mass is 305 g/mol. The van der Waals surface area contributed by atoms with Gasteiger partial charge in [-0.1, -0.05) is 18.2 Å². The Morgan fingerprint density at radius 3 is 2.64 bits per heavy atom. The van der Waals surface area contributed by atoms with Gasteiger partial charge in [-0.05, 0) is 19.1 Å². The predicted octanol–water partition coefficient (Wildman–Crippen LogP) is 1.20. The number of benzene rings is 1. The van der Waals surface area contributed by atoms with Gasteiger partial charge in [0.05, 0.1) is 19.8 Å². The maximum Gasteiger partial charge on any atom is 0.343 e. The lowest BCUT2D eigenvalue weighted by Crippen LogP contribution is -2.42. The molecule has 1 amide bonds. The van der Waals surface area contributed by atoms with E-state index in [0.29, 0.717) is 31.9 Å². The summed E-state index contributed by atoms with van der Waals surface area (Å²) in [6, 6.07) is 6.50. The molecule has 1 aromatic carbocycles. The zero-order valence-electron chi connectivity index (χ0n) is 12.4. The highest BCUT2D eigenvalue weighted by Crippen LogP contribution is 2.20. The third kappa shape index (κ3) is 3.85. The minimum absolute atomic E-state index is 0.000856. The Balaban J connectivity index is 2.31. The lowest BCUT2D eigenvalue weighted by molar-refractivity contribution is -0.143. The molecule has 118 valence electrons. The quantitative estimate of drug-likeness (QED) is 0.391. The molecule has 1 aliphatic rings. The second-order valence-corrected chi connectivity index (χ2v) is 4.74. The van der Waals surface area contributed by atoms with Gasteiger partial charge in [-0.3, -0.25) is 4.79 Å². The van der Waals surface area contributed by atoms with Crippen molar-refractivity contribution in [3.63, 3.8) is 0 Å². The molecule has 6 nitrogen and oxygen atoms in total. The van der Waals surface area contributed by atoms with Gasteiger partial charge in [0.15, 0.2) is 0 Å². The van der Waals surface area contributed by atoms with Gasteiger partial charge >= 0.3 is 5.97 Å². The van der Waals surface area contributed by atoms with Crippen molar-refractivity contribution in [3.05, 3.63) is 35.4 Å². The summed E-state index contributed by atoms with van der Waals surface area (Å²) in [4.78, 5) is 26.2. The summed E-state index contributed by atoms with van der Waals surface area (Å²) in [5, 5.41) is 9.82. The minimum Gasteiger partial charge on any atom is -0.507 e. The highest BCUT2D eigenvalue weighted by Gasteiger charge is 2.26. The number of para-hydroxylation sites is 1. The first-order valence-electron chi connectivity index (χ1n) is 7.17. The normalized spacial score (nSPS) is 15.5. The van der Waals surface area contributed by atoms with Gasteiger partial charge in [-0.15, -0.1) is 0 Å². The lowest BCUT2D eigenvalue weighted by atomic mass is 10.1. The number of hydrogen-bond donors (Lipinski definition) is 1. The maximum absolute atomic E-state index is 12.5. The topological polar surface area (TPSA) is 76.1 Å². The van der Waals surface area contributed by atoms with Crippen LogP contribution in [0.2, 0.25) is 0 Å². The zero-order valence-corrected chi connectivity index (χ0v) is 12.4. The van der Waals surface area contributed by atoms with Gasteiger partial charge in [0.1, 0.15) is 11.3 Å². The summed E-state index contributed by atoms with van der Waals surface area (Å²) in [5.74, 6) is -1.11. The molecule has 0 radical (unpaired) electrons. The molecule has 0 spiro atoms. The number of ether oxygens (including phenoxy) is 2. The number of amides is 1. The van der Waals surface area contributed by atoms with E-state index in [4.69, 9.17) is 9.47 Å². The molecule has 0 aromatic heterocycles. The summed E-state index contributed by atoms with van der Waals surface area (Å²) >= 11 is 0. The van der Waals surface area contributed by atoms with Crippen LogP contribution in [0.15, 0.2) is 29.8 Å². The van der Waals surface area contributed by atoms with Crippen LogP contribution in [0.4, 0.5) is 0 Å². The van der Waals surface area contributed by atoms with Crippen LogP contribution in [-0.4, -0.2) is 54.8 Å². The number of morpholine rings is 1. The third-order valence-electron chi connectivity index (χ3n) is 3.26. The standard InChI is InChI=1S/C16H19NO5/c1-2-22-16(20)13(11-12-5-3-4-6-14(12)18)15(19)17-7-9-21-10-8-17/h3-6,11,18H,2,7-10H2,1H3. The summed E-state index contributed by atoms with van der Waals surface area (Å²) in [6.45, 7) is 3.59. The highest BCUT2D eigenvalue weighted by atomic mass is 16.5.